The Hall–Kier alpha value is -5.54. The van der Waals surface area contributed by atoms with Gasteiger partial charge in [-0.2, -0.15) is 8.78 Å². The zero-order valence-electron chi connectivity index (χ0n) is 44.4. The summed E-state index contributed by atoms with van der Waals surface area (Å²) in [7, 11) is 6.79. The van der Waals surface area contributed by atoms with Gasteiger partial charge in [0, 0.05) is 64.3 Å². The van der Waals surface area contributed by atoms with Crippen LogP contribution in [-0.2, 0) is 17.6 Å². The summed E-state index contributed by atoms with van der Waals surface area (Å²) >= 11 is 0. The van der Waals surface area contributed by atoms with Gasteiger partial charge in [0.25, 0.3) is 0 Å². The van der Waals surface area contributed by atoms with E-state index in [-0.39, 0.29) is 34.4 Å². The highest BCUT2D eigenvalue weighted by atomic mass is 19.3. The Morgan fingerprint density at radius 2 is 1.06 bits per heavy atom. The van der Waals surface area contributed by atoms with Crippen molar-refractivity contribution in [2.45, 2.75) is 152 Å². The first kappa shape index (κ1) is 56.8. The number of nitrogens with zero attached hydrogens (tertiary/aromatic N) is 1. The molecule has 0 saturated carbocycles. The quantitative estimate of drug-likeness (QED) is 0.144. The first-order valence-corrected chi connectivity index (χ1v) is 24.2. The molecule has 68 heavy (non-hydrogen) atoms. The summed E-state index contributed by atoms with van der Waals surface area (Å²) < 4.78 is 33.3. The Morgan fingerprint density at radius 1 is 0.618 bits per heavy atom. The molecule has 0 amide bonds. The fourth-order valence-electron chi connectivity index (χ4n) is 7.80. The number of hydrogen-bond acceptors (Lipinski definition) is 1. The third kappa shape index (κ3) is 20.4. The van der Waals surface area contributed by atoms with E-state index in [1.165, 1.54) is 33.4 Å². The number of quaternary nitrogens is 1. The molecule has 3 unspecified atom stereocenters. The van der Waals surface area contributed by atoms with Crippen molar-refractivity contribution >= 4 is 0 Å². The SMILES string of the molecule is C#CC(C)(C)C.CC#CC(C)(C)C.CC(C)(C)C1CCC#CC(F)(F)CC1.CC(C)(C)OC1Cc2ccccc2C#Cc2ccccc21.C[N+](C)(C)C1Cc2ccccc2C#Cc2ccccc21. The number of ether oxygens (including phenoxy) is 1. The van der Waals surface area contributed by atoms with Crippen LogP contribution < -0.4 is 0 Å². The van der Waals surface area contributed by atoms with Crippen molar-refractivity contribution in [3.05, 3.63) is 142 Å². The van der Waals surface area contributed by atoms with Gasteiger partial charge in [0.05, 0.1) is 32.8 Å². The Labute approximate surface area is 413 Å². The molecule has 0 radical (unpaired) electrons. The van der Waals surface area contributed by atoms with Crippen molar-refractivity contribution in [1.82, 2.24) is 0 Å². The molecule has 3 aliphatic rings. The predicted octanol–water partition coefficient (Wildman–Crippen LogP) is 15.5. The third-order valence-corrected chi connectivity index (χ3v) is 11.4. The van der Waals surface area contributed by atoms with Crippen molar-refractivity contribution in [1.29, 1.82) is 0 Å². The molecule has 4 aromatic rings. The summed E-state index contributed by atoms with van der Waals surface area (Å²) in [4.78, 5) is 0. The molecule has 0 aliphatic heterocycles. The number of terminal acetylenes is 1. The van der Waals surface area contributed by atoms with Gasteiger partial charge in [0.2, 0.25) is 0 Å². The summed E-state index contributed by atoms with van der Waals surface area (Å²) in [5.74, 6) is 24.0. The number of rotatable bonds is 2. The van der Waals surface area contributed by atoms with Crippen molar-refractivity contribution in [2.24, 2.45) is 22.2 Å². The van der Waals surface area contributed by atoms with Crippen LogP contribution in [0, 0.1) is 81.9 Å². The highest BCUT2D eigenvalue weighted by Gasteiger charge is 2.33. The lowest BCUT2D eigenvalue weighted by Crippen LogP contribution is -2.40. The summed E-state index contributed by atoms with van der Waals surface area (Å²) in [6.07, 6.45) is 9.05. The molecule has 3 atom stereocenters. The van der Waals surface area contributed by atoms with Crippen LogP contribution in [-0.4, -0.2) is 37.1 Å². The van der Waals surface area contributed by atoms with Crippen LogP contribution in [0.2, 0.25) is 0 Å². The average Bonchev–Trinajstić information content (AvgIpc) is 3.21. The molecule has 0 fully saturated rings. The maximum atomic E-state index is 13.0. The van der Waals surface area contributed by atoms with Gasteiger partial charge in [-0.1, -0.05) is 129 Å². The molecule has 4 heteroatoms. The standard InChI is InChI=1S/C20H20O.C19H20N.C12H18F2.C7H12.C6H10/c1-20(2,3)21-19-14-17-10-5-4-8-15(17)12-13-16-9-6-7-11-18(16)19;1-20(2,3)19-14-17-10-5-4-8-15(17)12-13-16-9-6-7-11-18(16)19;1-11(2,3)10-6-4-5-8-12(13,14)9-7-10;1-5-6-7(2,3)4;1-5-6(2,3)4/h4-11,19H,14H2,1-3H3;4-11,19H,14H2,1-3H3;10H,4,6-7,9H2,1-3H3;1-4H3;1H,2-4H3/q;+1;;;. The van der Waals surface area contributed by atoms with Crippen LogP contribution in [0.25, 0.3) is 0 Å². The van der Waals surface area contributed by atoms with E-state index in [4.69, 9.17) is 11.2 Å². The van der Waals surface area contributed by atoms with E-state index in [0.717, 1.165) is 34.9 Å². The molecular weight excluding hydrogens is 837 g/mol. The second-order valence-electron chi connectivity index (χ2n) is 22.9. The van der Waals surface area contributed by atoms with Crippen molar-refractivity contribution in [3.8, 4) is 59.7 Å². The smallest absolute Gasteiger partial charge is 0.308 e. The second kappa shape index (κ2) is 24.7. The van der Waals surface area contributed by atoms with Gasteiger partial charge < -0.3 is 9.22 Å². The Morgan fingerprint density at radius 3 is 1.50 bits per heavy atom. The minimum absolute atomic E-state index is 0.0388. The normalized spacial score (nSPS) is 17.7. The maximum absolute atomic E-state index is 13.0. The van der Waals surface area contributed by atoms with Gasteiger partial charge in [-0.25, -0.2) is 0 Å². The fourth-order valence-corrected chi connectivity index (χ4v) is 7.80. The molecule has 3 aliphatic carbocycles. The minimum atomic E-state index is -2.76. The summed E-state index contributed by atoms with van der Waals surface area (Å²) in [5.41, 5.74) is 9.87. The van der Waals surface area contributed by atoms with E-state index in [2.05, 4.69) is 216 Å². The third-order valence-electron chi connectivity index (χ3n) is 11.4. The van der Waals surface area contributed by atoms with Crippen LogP contribution in [0.3, 0.4) is 0 Å². The van der Waals surface area contributed by atoms with Gasteiger partial charge in [-0.15, -0.1) is 18.3 Å². The molecular formula is C64H80F2NO+. The first-order valence-electron chi connectivity index (χ1n) is 24.2. The van der Waals surface area contributed by atoms with Crippen LogP contribution in [0.5, 0.6) is 0 Å². The monoisotopic (exact) mass is 917 g/mol. The van der Waals surface area contributed by atoms with Crippen LogP contribution in [0.4, 0.5) is 8.78 Å². The zero-order chi connectivity index (χ0) is 51.0. The van der Waals surface area contributed by atoms with Crippen molar-refractivity contribution in [2.75, 3.05) is 21.1 Å². The van der Waals surface area contributed by atoms with Crippen LogP contribution in [0.15, 0.2) is 97.1 Å². The van der Waals surface area contributed by atoms with E-state index in [0.29, 0.717) is 24.8 Å². The Bertz CT molecular complexity index is 2560. The van der Waals surface area contributed by atoms with Crippen LogP contribution in [0.1, 0.15) is 172 Å². The van der Waals surface area contributed by atoms with Crippen molar-refractivity contribution < 1.29 is 18.0 Å². The molecule has 0 spiro atoms. The Kier molecular flexibility index (Phi) is 20.6. The zero-order valence-corrected chi connectivity index (χ0v) is 44.4. The largest absolute Gasteiger partial charge is 0.368 e. The van der Waals surface area contributed by atoms with Gasteiger partial charge in [0.15, 0.2) is 0 Å². The second-order valence-corrected chi connectivity index (χ2v) is 22.9. The number of benzene rings is 4. The fraction of sp³-hybridized carbons (Fsp3) is 0.469. The highest BCUT2D eigenvalue weighted by Crippen LogP contribution is 2.37. The molecule has 0 N–H and O–H groups in total. The molecule has 4 aromatic carbocycles. The average molecular weight is 917 g/mol. The number of alkyl halides is 2. The summed E-state index contributed by atoms with van der Waals surface area (Å²) in [6.45, 7) is 26.8. The molecule has 2 nitrogen and oxygen atoms in total. The van der Waals surface area contributed by atoms with Gasteiger partial charge in [0.1, 0.15) is 6.04 Å². The number of hydrogen-bond donors (Lipinski definition) is 0. The number of likely N-dealkylation sites (N-methyl/N-ethyl adjacent to an activating group) is 1. The first-order chi connectivity index (χ1) is 31.5. The number of fused-ring (bicyclic) bond motifs is 4. The van der Waals surface area contributed by atoms with Gasteiger partial charge in [-0.3, -0.25) is 0 Å². The summed E-state index contributed by atoms with van der Waals surface area (Å²) in [5, 5.41) is 0. The van der Waals surface area contributed by atoms with E-state index in [1.54, 1.807) is 0 Å². The van der Waals surface area contributed by atoms with Gasteiger partial charge >= 0.3 is 5.92 Å². The summed E-state index contributed by atoms with van der Waals surface area (Å²) in [6, 6.07) is 34.2. The molecule has 0 aromatic heterocycles. The topological polar surface area (TPSA) is 9.23 Å². The van der Waals surface area contributed by atoms with E-state index in [9.17, 15) is 8.78 Å². The Balaban J connectivity index is 0.000000243. The van der Waals surface area contributed by atoms with Gasteiger partial charge in [-0.05, 0) is 140 Å². The van der Waals surface area contributed by atoms with E-state index in [1.807, 2.05) is 45.7 Å². The lowest BCUT2D eigenvalue weighted by molar-refractivity contribution is -0.902. The molecule has 0 saturated heterocycles. The minimum Gasteiger partial charge on any atom is -0.368 e. The lowest BCUT2D eigenvalue weighted by atomic mass is 9.74. The van der Waals surface area contributed by atoms with Crippen molar-refractivity contribution in [3.63, 3.8) is 0 Å². The highest BCUT2D eigenvalue weighted by molar-refractivity contribution is 5.53. The van der Waals surface area contributed by atoms with E-state index >= 15 is 0 Å². The lowest BCUT2D eigenvalue weighted by Gasteiger charge is -2.35. The molecule has 7 rings (SSSR count). The predicted molar refractivity (Wildman–Crippen MR) is 285 cm³/mol. The van der Waals surface area contributed by atoms with Crippen LogP contribution >= 0.6 is 0 Å². The maximum Gasteiger partial charge on any atom is 0.308 e. The number of halogens is 2. The molecule has 0 heterocycles. The van der Waals surface area contributed by atoms with E-state index < -0.39 is 5.92 Å². The molecule has 360 valence electrons. The molecule has 0 bridgehead atoms.